The molecule has 1 aliphatic heterocycles. The fourth-order valence-corrected chi connectivity index (χ4v) is 4.59. The van der Waals surface area contributed by atoms with Crippen LogP contribution in [0.5, 0.6) is 0 Å². The number of nitrogens with two attached hydrogens (primary N) is 1. The number of para-hydroxylation sites is 1. The first-order chi connectivity index (χ1) is 12.7. The Bertz CT molecular complexity index is 768. The number of aryl methyl sites for hydroxylation is 1. The Kier molecular flexibility index (Phi) is 4.88. The molecule has 2 aliphatic rings. The van der Waals surface area contributed by atoms with Crippen molar-refractivity contribution in [2.24, 2.45) is 0 Å². The van der Waals surface area contributed by atoms with Crippen molar-refractivity contribution in [1.82, 2.24) is 4.90 Å². The maximum atomic E-state index is 10.7. The molecule has 0 amide bonds. The van der Waals surface area contributed by atoms with E-state index in [1.807, 2.05) is 12.1 Å². The highest BCUT2D eigenvalue weighted by Gasteiger charge is 2.34. The Hall–Kier alpha value is -2.04. The maximum Gasteiger partial charge on any atom is 0.0739 e. The quantitative estimate of drug-likeness (QED) is 0.834. The van der Waals surface area contributed by atoms with Gasteiger partial charge in [0.2, 0.25) is 0 Å². The lowest BCUT2D eigenvalue weighted by atomic mass is 9.84. The van der Waals surface area contributed by atoms with Crippen molar-refractivity contribution >= 4 is 11.4 Å². The molecule has 0 unspecified atom stereocenters. The van der Waals surface area contributed by atoms with Gasteiger partial charge in [-0.1, -0.05) is 37.3 Å². The molecular weight excluding hydrogens is 322 g/mol. The van der Waals surface area contributed by atoms with Gasteiger partial charge in [0, 0.05) is 50.0 Å². The highest BCUT2D eigenvalue weighted by Crippen LogP contribution is 2.30. The standard InChI is InChI=1S/C22H29N3O/c1-2-16-6-3-4-9-20(16)24-10-12-25(13-11-24)21-15-18-17(14-22(21)26)7-5-8-19(18)23/h3-9,21-22,26H,2,10-15,23H2,1H3/t21-,22-/m0/s1. The lowest BCUT2D eigenvalue weighted by Gasteiger charge is -2.44. The van der Waals surface area contributed by atoms with Gasteiger partial charge >= 0.3 is 0 Å². The van der Waals surface area contributed by atoms with E-state index in [-0.39, 0.29) is 12.1 Å². The molecule has 4 nitrogen and oxygen atoms in total. The predicted molar refractivity (Wildman–Crippen MR) is 108 cm³/mol. The average molecular weight is 351 g/mol. The van der Waals surface area contributed by atoms with E-state index >= 15 is 0 Å². The molecule has 138 valence electrons. The first-order valence-electron chi connectivity index (χ1n) is 9.78. The summed E-state index contributed by atoms with van der Waals surface area (Å²) in [5, 5.41) is 10.7. The van der Waals surface area contributed by atoms with E-state index in [4.69, 9.17) is 5.73 Å². The second kappa shape index (κ2) is 7.29. The van der Waals surface area contributed by atoms with Crippen LogP contribution in [0.15, 0.2) is 42.5 Å². The molecule has 1 aliphatic carbocycles. The minimum Gasteiger partial charge on any atom is -0.398 e. The molecule has 3 N–H and O–H groups in total. The van der Waals surface area contributed by atoms with Gasteiger partial charge in [-0.2, -0.15) is 0 Å². The van der Waals surface area contributed by atoms with Crippen molar-refractivity contribution in [3.8, 4) is 0 Å². The van der Waals surface area contributed by atoms with Gasteiger partial charge in [0.05, 0.1) is 6.10 Å². The molecule has 1 heterocycles. The number of benzene rings is 2. The molecule has 1 fully saturated rings. The van der Waals surface area contributed by atoms with E-state index < -0.39 is 0 Å². The largest absolute Gasteiger partial charge is 0.398 e. The summed E-state index contributed by atoms with van der Waals surface area (Å²) in [7, 11) is 0. The zero-order valence-corrected chi connectivity index (χ0v) is 15.6. The highest BCUT2D eigenvalue weighted by atomic mass is 16.3. The molecule has 0 spiro atoms. The summed E-state index contributed by atoms with van der Waals surface area (Å²) in [5.41, 5.74) is 12.3. The Morgan fingerprint density at radius 3 is 2.54 bits per heavy atom. The van der Waals surface area contributed by atoms with Crippen molar-refractivity contribution in [3.63, 3.8) is 0 Å². The van der Waals surface area contributed by atoms with Crippen LogP contribution < -0.4 is 10.6 Å². The van der Waals surface area contributed by atoms with Crippen LogP contribution in [-0.2, 0) is 19.3 Å². The zero-order chi connectivity index (χ0) is 18.1. The molecule has 4 rings (SSSR count). The van der Waals surface area contributed by atoms with Crippen LogP contribution in [0.2, 0.25) is 0 Å². The number of rotatable bonds is 3. The van der Waals surface area contributed by atoms with E-state index in [1.54, 1.807) is 0 Å². The lowest BCUT2D eigenvalue weighted by molar-refractivity contribution is 0.0396. The topological polar surface area (TPSA) is 52.7 Å². The maximum absolute atomic E-state index is 10.7. The summed E-state index contributed by atoms with van der Waals surface area (Å²) in [6.07, 6.45) is 2.32. The van der Waals surface area contributed by atoms with E-state index in [0.29, 0.717) is 6.42 Å². The van der Waals surface area contributed by atoms with Gasteiger partial charge in [-0.3, -0.25) is 4.90 Å². The van der Waals surface area contributed by atoms with Crippen LogP contribution >= 0.6 is 0 Å². The first kappa shape index (κ1) is 17.4. The van der Waals surface area contributed by atoms with Crippen LogP contribution in [0.3, 0.4) is 0 Å². The number of aliphatic hydroxyl groups is 1. The molecule has 0 radical (unpaired) electrons. The molecular formula is C22H29N3O. The third-order valence-electron chi connectivity index (χ3n) is 6.09. The van der Waals surface area contributed by atoms with Crippen LogP contribution in [0.25, 0.3) is 0 Å². The molecule has 2 aromatic rings. The van der Waals surface area contributed by atoms with Crippen LogP contribution in [0, 0.1) is 0 Å². The fraction of sp³-hybridized carbons (Fsp3) is 0.455. The Balaban J connectivity index is 1.46. The van der Waals surface area contributed by atoms with Gasteiger partial charge in [-0.25, -0.2) is 0 Å². The minimum absolute atomic E-state index is 0.177. The normalized spacial score (nSPS) is 23.7. The molecule has 1 saturated heterocycles. The number of hydrogen-bond acceptors (Lipinski definition) is 4. The summed E-state index contributed by atoms with van der Waals surface area (Å²) in [4.78, 5) is 4.96. The average Bonchev–Trinajstić information content (AvgIpc) is 2.68. The molecule has 4 heteroatoms. The van der Waals surface area contributed by atoms with Crippen LogP contribution in [0.4, 0.5) is 11.4 Å². The third kappa shape index (κ3) is 3.19. The molecule has 26 heavy (non-hydrogen) atoms. The van der Waals surface area contributed by atoms with E-state index in [9.17, 15) is 5.11 Å². The van der Waals surface area contributed by atoms with Gasteiger partial charge in [0.15, 0.2) is 0 Å². The SMILES string of the molecule is CCc1ccccc1N1CCN([C@H]2Cc3c(N)cccc3C[C@@H]2O)CC1. The van der Waals surface area contributed by atoms with E-state index in [1.165, 1.54) is 22.4 Å². The van der Waals surface area contributed by atoms with Crippen molar-refractivity contribution in [2.45, 2.75) is 38.3 Å². The van der Waals surface area contributed by atoms with Gasteiger partial charge in [0.1, 0.15) is 0 Å². The number of hydrogen-bond donors (Lipinski definition) is 2. The number of nitrogen functional groups attached to an aromatic ring is 1. The number of nitrogens with zero attached hydrogens (tertiary/aromatic N) is 2. The molecule has 0 bridgehead atoms. The summed E-state index contributed by atoms with van der Waals surface area (Å²) in [5.74, 6) is 0. The molecule has 0 aromatic heterocycles. The van der Waals surface area contributed by atoms with E-state index in [0.717, 1.165) is 44.7 Å². The Morgan fingerprint density at radius 1 is 1.00 bits per heavy atom. The van der Waals surface area contributed by atoms with Crippen LogP contribution in [-0.4, -0.2) is 48.3 Å². The smallest absolute Gasteiger partial charge is 0.0739 e. The zero-order valence-electron chi connectivity index (χ0n) is 15.6. The third-order valence-corrected chi connectivity index (χ3v) is 6.09. The number of fused-ring (bicyclic) bond motifs is 1. The van der Waals surface area contributed by atoms with Crippen LogP contribution in [0.1, 0.15) is 23.6 Å². The second-order valence-electron chi connectivity index (χ2n) is 7.53. The predicted octanol–water partition coefficient (Wildman–Crippen LogP) is 2.48. The number of piperazine rings is 1. The van der Waals surface area contributed by atoms with Crippen molar-refractivity contribution in [3.05, 3.63) is 59.2 Å². The van der Waals surface area contributed by atoms with Crippen molar-refractivity contribution in [1.29, 1.82) is 0 Å². The second-order valence-corrected chi connectivity index (χ2v) is 7.53. The Morgan fingerprint density at radius 2 is 1.77 bits per heavy atom. The molecule has 2 aromatic carbocycles. The van der Waals surface area contributed by atoms with Gasteiger partial charge < -0.3 is 15.7 Å². The van der Waals surface area contributed by atoms with Gasteiger partial charge in [0.25, 0.3) is 0 Å². The molecule has 0 saturated carbocycles. The summed E-state index contributed by atoms with van der Waals surface area (Å²) < 4.78 is 0. The van der Waals surface area contributed by atoms with Crippen molar-refractivity contribution < 1.29 is 5.11 Å². The Labute approximate surface area is 156 Å². The van der Waals surface area contributed by atoms with Crippen molar-refractivity contribution in [2.75, 3.05) is 36.8 Å². The summed E-state index contributed by atoms with van der Waals surface area (Å²) in [6, 6.07) is 15.0. The number of anilines is 2. The number of aliphatic hydroxyl groups excluding tert-OH is 1. The first-order valence-corrected chi connectivity index (χ1v) is 9.78. The highest BCUT2D eigenvalue weighted by molar-refractivity contribution is 5.54. The summed E-state index contributed by atoms with van der Waals surface area (Å²) in [6.45, 7) is 6.22. The monoisotopic (exact) mass is 351 g/mol. The van der Waals surface area contributed by atoms with Gasteiger partial charge in [-0.05, 0) is 41.7 Å². The molecule has 2 atom stereocenters. The van der Waals surface area contributed by atoms with E-state index in [2.05, 4.69) is 47.1 Å². The minimum atomic E-state index is -0.307. The van der Waals surface area contributed by atoms with Gasteiger partial charge in [-0.15, -0.1) is 0 Å². The lowest BCUT2D eigenvalue weighted by Crippen LogP contribution is -2.56. The fourth-order valence-electron chi connectivity index (χ4n) is 4.59. The summed E-state index contributed by atoms with van der Waals surface area (Å²) >= 11 is 0.